The van der Waals surface area contributed by atoms with E-state index in [4.69, 9.17) is 5.73 Å². The zero-order chi connectivity index (χ0) is 11.1. The van der Waals surface area contributed by atoms with Crippen LogP contribution >= 0.6 is 0 Å². The minimum absolute atomic E-state index is 0.212. The first-order chi connectivity index (χ1) is 7.29. The van der Waals surface area contributed by atoms with Crippen molar-refractivity contribution in [3.63, 3.8) is 0 Å². The predicted octanol–water partition coefficient (Wildman–Crippen LogP) is 1.90. The first-order valence-electron chi connectivity index (χ1n) is 6.13. The first kappa shape index (κ1) is 12.5. The lowest BCUT2D eigenvalue weighted by Gasteiger charge is -2.35. The van der Waals surface area contributed by atoms with Gasteiger partial charge < -0.3 is 11.1 Å². The second kappa shape index (κ2) is 6.15. The molecule has 0 saturated heterocycles. The smallest absolute Gasteiger partial charge is 0.0332 e. The molecule has 1 aliphatic carbocycles. The summed E-state index contributed by atoms with van der Waals surface area (Å²) in [6.45, 7) is 5.91. The Hall–Kier alpha value is -0.520. The van der Waals surface area contributed by atoms with Crippen LogP contribution in [0.3, 0.4) is 0 Å². The molecular formula is C13H24N2. The van der Waals surface area contributed by atoms with E-state index in [0.717, 1.165) is 25.4 Å². The minimum atomic E-state index is 0.212. The van der Waals surface area contributed by atoms with Crippen LogP contribution in [0, 0.1) is 17.8 Å². The molecule has 0 spiro atoms. The molecule has 15 heavy (non-hydrogen) atoms. The SMILES string of the molecule is CC#CCCNC1(CN)CCCC1CC. The number of nitrogens with one attached hydrogen (secondary N) is 1. The van der Waals surface area contributed by atoms with E-state index in [1.54, 1.807) is 0 Å². The molecule has 1 saturated carbocycles. The van der Waals surface area contributed by atoms with Crippen molar-refractivity contribution in [1.82, 2.24) is 5.32 Å². The summed E-state index contributed by atoms with van der Waals surface area (Å²) in [6.07, 6.45) is 6.07. The molecule has 0 amide bonds. The van der Waals surface area contributed by atoms with Crippen LogP contribution in [0.15, 0.2) is 0 Å². The number of rotatable bonds is 5. The molecular weight excluding hydrogens is 184 g/mol. The summed E-state index contributed by atoms with van der Waals surface area (Å²) >= 11 is 0. The van der Waals surface area contributed by atoms with Gasteiger partial charge in [-0.25, -0.2) is 0 Å². The van der Waals surface area contributed by atoms with Gasteiger partial charge in [0.2, 0.25) is 0 Å². The molecule has 1 rings (SSSR count). The van der Waals surface area contributed by atoms with Gasteiger partial charge >= 0.3 is 0 Å². The Morgan fingerprint density at radius 1 is 1.53 bits per heavy atom. The van der Waals surface area contributed by atoms with Gasteiger partial charge in [-0.1, -0.05) is 19.8 Å². The molecule has 2 unspecified atom stereocenters. The van der Waals surface area contributed by atoms with Crippen molar-refractivity contribution in [2.24, 2.45) is 11.7 Å². The maximum atomic E-state index is 5.95. The molecule has 0 bridgehead atoms. The highest BCUT2D eigenvalue weighted by atomic mass is 15.0. The Kier molecular flexibility index (Phi) is 5.14. The average molecular weight is 208 g/mol. The molecule has 86 valence electrons. The van der Waals surface area contributed by atoms with E-state index >= 15 is 0 Å². The van der Waals surface area contributed by atoms with Crippen LogP contribution in [0.2, 0.25) is 0 Å². The third-order valence-corrected chi connectivity index (χ3v) is 3.72. The van der Waals surface area contributed by atoms with Crippen molar-refractivity contribution in [2.75, 3.05) is 13.1 Å². The standard InChI is InChI=1S/C13H24N2/c1-3-5-6-10-15-13(11-14)9-7-8-12(13)4-2/h12,15H,4,6-11,14H2,1-2H3. The molecule has 3 N–H and O–H groups in total. The zero-order valence-electron chi connectivity index (χ0n) is 10.1. The van der Waals surface area contributed by atoms with Gasteiger partial charge in [-0.05, 0) is 25.7 Å². The van der Waals surface area contributed by atoms with Crippen LogP contribution in [0.25, 0.3) is 0 Å². The molecule has 0 heterocycles. The fourth-order valence-electron chi connectivity index (χ4n) is 2.81. The quantitative estimate of drug-likeness (QED) is 0.535. The minimum Gasteiger partial charge on any atom is -0.329 e. The number of hydrogen-bond donors (Lipinski definition) is 2. The number of hydrogen-bond acceptors (Lipinski definition) is 2. The van der Waals surface area contributed by atoms with E-state index in [0.29, 0.717) is 0 Å². The fraction of sp³-hybridized carbons (Fsp3) is 0.846. The van der Waals surface area contributed by atoms with Gasteiger partial charge in [-0.2, -0.15) is 0 Å². The molecule has 0 aliphatic heterocycles. The monoisotopic (exact) mass is 208 g/mol. The van der Waals surface area contributed by atoms with Crippen LogP contribution < -0.4 is 11.1 Å². The lowest BCUT2D eigenvalue weighted by Crippen LogP contribution is -2.54. The van der Waals surface area contributed by atoms with Gasteiger partial charge in [-0.3, -0.25) is 0 Å². The van der Waals surface area contributed by atoms with Crippen molar-refractivity contribution < 1.29 is 0 Å². The van der Waals surface area contributed by atoms with Crippen LogP contribution in [-0.4, -0.2) is 18.6 Å². The highest BCUT2D eigenvalue weighted by Gasteiger charge is 2.39. The number of nitrogens with two attached hydrogens (primary N) is 1. The van der Waals surface area contributed by atoms with Gasteiger partial charge in [0.25, 0.3) is 0 Å². The summed E-state index contributed by atoms with van der Waals surface area (Å²) < 4.78 is 0. The van der Waals surface area contributed by atoms with Crippen LogP contribution in [0.4, 0.5) is 0 Å². The molecule has 2 atom stereocenters. The Labute approximate surface area is 94.0 Å². The van der Waals surface area contributed by atoms with Crippen molar-refractivity contribution in [3.05, 3.63) is 0 Å². The van der Waals surface area contributed by atoms with Gasteiger partial charge in [-0.15, -0.1) is 11.8 Å². The molecule has 2 heteroatoms. The van der Waals surface area contributed by atoms with Gasteiger partial charge in [0.05, 0.1) is 0 Å². The molecule has 1 aliphatic rings. The normalized spacial score (nSPS) is 29.9. The first-order valence-corrected chi connectivity index (χ1v) is 6.13. The summed E-state index contributed by atoms with van der Waals surface area (Å²) in [5.74, 6) is 6.78. The third-order valence-electron chi connectivity index (χ3n) is 3.72. The predicted molar refractivity (Wildman–Crippen MR) is 65.5 cm³/mol. The largest absolute Gasteiger partial charge is 0.329 e. The topological polar surface area (TPSA) is 38.0 Å². The molecule has 0 aromatic heterocycles. The molecule has 0 aromatic rings. The van der Waals surface area contributed by atoms with E-state index in [1.165, 1.54) is 25.7 Å². The highest BCUT2D eigenvalue weighted by molar-refractivity contribution is 5.01. The summed E-state index contributed by atoms with van der Waals surface area (Å²) in [4.78, 5) is 0. The van der Waals surface area contributed by atoms with Gasteiger partial charge in [0.1, 0.15) is 0 Å². The van der Waals surface area contributed by atoms with Crippen LogP contribution in [-0.2, 0) is 0 Å². The Morgan fingerprint density at radius 2 is 2.33 bits per heavy atom. The third kappa shape index (κ3) is 2.96. The van der Waals surface area contributed by atoms with Crippen molar-refractivity contribution in [2.45, 2.75) is 51.5 Å². The molecule has 0 aromatic carbocycles. The molecule has 1 fully saturated rings. The van der Waals surface area contributed by atoms with Crippen LogP contribution in [0.5, 0.6) is 0 Å². The zero-order valence-corrected chi connectivity index (χ0v) is 10.1. The van der Waals surface area contributed by atoms with E-state index in [2.05, 4.69) is 24.1 Å². The van der Waals surface area contributed by atoms with Crippen LogP contribution in [0.1, 0.15) is 46.0 Å². The second-order valence-corrected chi connectivity index (χ2v) is 4.46. The lowest BCUT2D eigenvalue weighted by atomic mass is 9.85. The molecule has 2 nitrogen and oxygen atoms in total. The second-order valence-electron chi connectivity index (χ2n) is 4.46. The summed E-state index contributed by atoms with van der Waals surface area (Å²) in [6, 6.07) is 0. The summed E-state index contributed by atoms with van der Waals surface area (Å²) in [7, 11) is 0. The van der Waals surface area contributed by atoms with Crippen molar-refractivity contribution in [3.8, 4) is 11.8 Å². The molecule has 0 radical (unpaired) electrons. The Balaban J connectivity index is 2.47. The summed E-state index contributed by atoms with van der Waals surface area (Å²) in [5.41, 5.74) is 6.16. The lowest BCUT2D eigenvalue weighted by molar-refractivity contribution is 0.248. The van der Waals surface area contributed by atoms with Gasteiger partial charge in [0, 0.05) is 25.0 Å². The highest BCUT2D eigenvalue weighted by Crippen LogP contribution is 2.36. The maximum Gasteiger partial charge on any atom is 0.0332 e. The van der Waals surface area contributed by atoms with E-state index < -0.39 is 0 Å². The van der Waals surface area contributed by atoms with Gasteiger partial charge in [0.15, 0.2) is 0 Å². The fourth-order valence-corrected chi connectivity index (χ4v) is 2.81. The van der Waals surface area contributed by atoms with E-state index in [-0.39, 0.29) is 5.54 Å². The summed E-state index contributed by atoms with van der Waals surface area (Å²) in [5, 5.41) is 3.65. The Bertz CT molecular complexity index is 239. The van der Waals surface area contributed by atoms with Crippen molar-refractivity contribution in [1.29, 1.82) is 0 Å². The van der Waals surface area contributed by atoms with E-state index in [1.807, 2.05) is 6.92 Å². The van der Waals surface area contributed by atoms with E-state index in [9.17, 15) is 0 Å². The van der Waals surface area contributed by atoms with Crippen molar-refractivity contribution >= 4 is 0 Å². The Morgan fingerprint density at radius 3 is 2.93 bits per heavy atom. The average Bonchev–Trinajstić information content (AvgIpc) is 2.68. The maximum absolute atomic E-state index is 5.95.